The molecule has 58 valence electrons. The van der Waals surface area contributed by atoms with Gasteiger partial charge in [0, 0.05) is 13.1 Å². The van der Waals surface area contributed by atoms with Gasteiger partial charge in [-0.15, -0.1) is 0 Å². The molecule has 1 fully saturated rings. The van der Waals surface area contributed by atoms with Crippen LogP contribution in [-0.4, -0.2) is 35.7 Å². The van der Waals surface area contributed by atoms with Crippen LogP contribution in [0.4, 0.5) is 0 Å². The molecule has 1 aliphatic rings. The molecule has 1 saturated heterocycles. The van der Waals surface area contributed by atoms with Crippen molar-refractivity contribution in [1.82, 2.24) is 10.4 Å². The number of hydrogen-bond acceptors (Lipinski definition) is 3. The van der Waals surface area contributed by atoms with Crippen molar-refractivity contribution in [3.05, 3.63) is 0 Å². The quantitative estimate of drug-likeness (QED) is 0.494. The third-order valence-corrected chi connectivity index (χ3v) is 1.63. The predicted molar refractivity (Wildman–Crippen MR) is 36.0 cm³/mol. The number of carbonyl (C=O) groups excluding carboxylic acids is 1. The third-order valence-electron chi connectivity index (χ3n) is 1.63. The first-order valence-corrected chi connectivity index (χ1v) is 3.46. The Hall–Kier alpha value is -0.610. The molecule has 0 saturated carbocycles. The topological polar surface area (TPSA) is 52.6 Å². The summed E-state index contributed by atoms with van der Waals surface area (Å²) in [6, 6.07) is 0. The summed E-state index contributed by atoms with van der Waals surface area (Å²) in [5.41, 5.74) is 2.51. The van der Waals surface area contributed by atoms with Crippen LogP contribution in [0.1, 0.15) is 12.8 Å². The second-order valence-corrected chi connectivity index (χ2v) is 2.49. The summed E-state index contributed by atoms with van der Waals surface area (Å²) < 4.78 is 0. The van der Waals surface area contributed by atoms with Crippen molar-refractivity contribution in [3.8, 4) is 0 Å². The van der Waals surface area contributed by atoms with Crippen LogP contribution in [0, 0.1) is 0 Å². The first kappa shape index (κ1) is 7.50. The monoisotopic (exact) mass is 144 g/mol. The molecule has 0 aliphatic carbocycles. The first-order chi connectivity index (χ1) is 4.83. The maximum absolute atomic E-state index is 9.95. The summed E-state index contributed by atoms with van der Waals surface area (Å²) in [7, 11) is 0. The number of piperidine rings is 1. The smallest absolute Gasteiger partial charge is 0.221 e. The van der Waals surface area contributed by atoms with E-state index in [9.17, 15) is 4.79 Å². The summed E-state index contributed by atoms with van der Waals surface area (Å²) in [4.78, 5) is 9.95. The van der Waals surface area contributed by atoms with Crippen molar-refractivity contribution in [2.75, 3.05) is 13.1 Å². The summed E-state index contributed by atoms with van der Waals surface area (Å²) in [5, 5.41) is 10.8. The zero-order chi connectivity index (χ0) is 7.40. The van der Waals surface area contributed by atoms with Gasteiger partial charge in [-0.1, -0.05) is 0 Å². The van der Waals surface area contributed by atoms with Crippen LogP contribution in [0.15, 0.2) is 0 Å². The lowest BCUT2D eigenvalue weighted by Gasteiger charge is -2.28. The number of amides is 1. The van der Waals surface area contributed by atoms with Gasteiger partial charge in [-0.3, -0.25) is 10.2 Å². The number of nitrogens with one attached hydrogen (secondary N) is 1. The van der Waals surface area contributed by atoms with E-state index in [0.29, 0.717) is 13.0 Å². The summed E-state index contributed by atoms with van der Waals surface area (Å²) >= 11 is 0. The van der Waals surface area contributed by atoms with E-state index in [1.807, 2.05) is 0 Å². The number of hydrogen-bond donors (Lipinski definition) is 2. The van der Waals surface area contributed by atoms with Crippen molar-refractivity contribution in [3.63, 3.8) is 0 Å². The van der Waals surface area contributed by atoms with E-state index in [2.05, 4.69) is 5.43 Å². The Balaban J connectivity index is 2.24. The minimum absolute atomic E-state index is 0.277. The minimum atomic E-state index is -0.277. The van der Waals surface area contributed by atoms with Crippen LogP contribution < -0.4 is 5.43 Å². The second-order valence-electron chi connectivity index (χ2n) is 2.49. The van der Waals surface area contributed by atoms with E-state index in [1.165, 1.54) is 0 Å². The van der Waals surface area contributed by atoms with Crippen molar-refractivity contribution in [1.29, 1.82) is 0 Å². The number of aliphatic hydroxyl groups excluding tert-OH is 1. The van der Waals surface area contributed by atoms with Crippen molar-refractivity contribution < 1.29 is 9.90 Å². The van der Waals surface area contributed by atoms with Gasteiger partial charge in [-0.05, 0) is 12.8 Å². The van der Waals surface area contributed by atoms with Gasteiger partial charge >= 0.3 is 0 Å². The SMILES string of the molecule is O=CNN1CCCC(O)C1. The summed E-state index contributed by atoms with van der Waals surface area (Å²) in [5.74, 6) is 0. The molecule has 1 unspecified atom stereocenters. The fourth-order valence-electron chi connectivity index (χ4n) is 1.15. The van der Waals surface area contributed by atoms with Gasteiger partial charge in [0.1, 0.15) is 0 Å². The van der Waals surface area contributed by atoms with Crippen molar-refractivity contribution in [2.45, 2.75) is 18.9 Å². The Bertz CT molecular complexity index is 118. The fraction of sp³-hybridized carbons (Fsp3) is 0.833. The molecular weight excluding hydrogens is 132 g/mol. The molecule has 0 aromatic rings. The van der Waals surface area contributed by atoms with Crippen LogP contribution in [0.2, 0.25) is 0 Å². The average Bonchev–Trinajstić information content (AvgIpc) is 1.88. The van der Waals surface area contributed by atoms with Crippen LogP contribution in [-0.2, 0) is 4.79 Å². The van der Waals surface area contributed by atoms with Gasteiger partial charge in [0.15, 0.2) is 0 Å². The number of carbonyl (C=O) groups is 1. The van der Waals surface area contributed by atoms with E-state index in [-0.39, 0.29) is 6.10 Å². The van der Waals surface area contributed by atoms with Gasteiger partial charge in [0.25, 0.3) is 0 Å². The van der Waals surface area contributed by atoms with E-state index in [4.69, 9.17) is 5.11 Å². The molecule has 4 heteroatoms. The van der Waals surface area contributed by atoms with E-state index < -0.39 is 0 Å². The number of rotatable bonds is 2. The highest BCUT2D eigenvalue weighted by molar-refractivity contribution is 5.44. The Morgan fingerprint density at radius 1 is 1.70 bits per heavy atom. The molecule has 1 rings (SSSR count). The van der Waals surface area contributed by atoms with Gasteiger partial charge in [0.05, 0.1) is 6.10 Å². The Morgan fingerprint density at radius 2 is 2.50 bits per heavy atom. The standard InChI is InChI=1S/C6H12N2O2/c9-5-7-8-3-1-2-6(10)4-8/h5-6,10H,1-4H2,(H,7,9). The fourth-order valence-corrected chi connectivity index (χ4v) is 1.15. The Kier molecular flexibility index (Phi) is 2.65. The van der Waals surface area contributed by atoms with Crippen LogP contribution in [0.5, 0.6) is 0 Å². The second kappa shape index (κ2) is 3.53. The van der Waals surface area contributed by atoms with E-state index in [1.54, 1.807) is 5.01 Å². The Labute approximate surface area is 59.8 Å². The van der Waals surface area contributed by atoms with Crippen molar-refractivity contribution in [2.24, 2.45) is 0 Å². The largest absolute Gasteiger partial charge is 0.392 e. The molecule has 10 heavy (non-hydrogen) atoms. The summed E-state index contributed by atoms with van der Waals surface area (Å²) in [6.45, 7) is 1.40. The zero-order valence-electron chi connectivity index (χ0n) is 5.79. The average molecular weight is 144 g/mol. The molecule has 0 bridgehead atoms. The molecule has 0 aromatic heterocycles. The summed E-state index contributed by atoms with van der Waals surface area (Å²) in [6.07, 6.45) is 2.15. The molecule has 1 aliphatic heterocycles. The highest BCUT2D eigenvalue weighted by Gasteiger charge is 2.16. The van der Waals surface area contributed by atoms with Gasteiger partial charge in [-0.25, -0.2) is 5.01 Å². The minimum Gasteiger partial charge on any atom is -0.392 e. The molecule has 4 nitrogen and oxygen atoms in total. The maximum Gasteiger partial charge on any atom is 0.221 e. The molecular formula is C6H12N2O2. The van der Waals surface area contributed by atoms with E-state index in [0.717, 1.165) is 19.4 Å². The van der Waals surface area contributed by atoms with Gasteiger partial charge in [0.2, 0.25) is 6.41 Å². The van der Waals surface area contributed by atoms with Gasteiger partial charge < -0.3 is 5.11 Å². The normalized spacial score (nSPS) is 27.9. The van der Waals surface area contributed by atoms with Crippen LogP contribution in [0.25, 0.3) is 0 Å². The van der Waals surface area contributed by atoms with Crippen molar-refractivity contribution >= 4 is 6.41 Å². The number of hydrazine groups is 1. The molecule has 1 atom stereocenters. The van der Waals surface area contributed by atoms with Crippen LogP contribution >= 0.6 is 0 Å². The first-order valence-electron chi connectivity index (χ1n) is 3.46. The highest BCUT2D eigenvalue weighted by Crippen LogP contribution is 2.06. The molecule has 1 heterocycles. The van der Waals surface area contributed by atoms with Gasteiger partial charge in [-0.2, -0.15) is 0 Å². The lowest BCUT2D eigenvalue weighted by atomic mass is 10.1. The van der Waals surface area contributed by atoms with E-state index >= 15 is 0 Å². The van der Waals surface area contributed by atoms with Crippen LogP contribution in [0.3, 0.4) is 0 Å². The number of nitrogens with zero attached hydrogens (tertiary/aromatic N) is 1. The molecule has 1 amide bonds. The predicted octanol–water partition coefficient (Wildman–Crippen LogP) is -0.896. The molecule has 0 spiro atoms. The number of aliphatic hydroxyl groups is 1. The molecule has 0 aromatic carbocycles. The maximum atomic E-state index is 9.95. The molecule has 2 N–H and O–H groups in total. The highest BCUT2D eigenvalue weighted by atomic mass is 16.3. The Morgan fingerprint density at radius 3 is 3.10 bits per heavy atom. The zero-order valence-corrected chi connectivity index (χ0v) is 5.79. The lowest BCUT2D eigenvalue weighted by molar-refractivity contribution is -0.115. The molecule has 0 radical (unpaired) electrons. The third kappa shape index (κ3) is 1.97. The number of β-amino-alcohol motifs (C(OH)–C–C–N with tert-alkyl or cyclic N) is 1. The lowest BCUT2D eigenvalue weighted by Crippen LogP contribution is -2.46.